The number of hydrogen-bond donors (Lipinski definition) is 1. The lowest BCUT2D eigenvalue weighted by Crippen LogP contribution is -2.42. The Hall–Kier alpha value is -2.14. The number of carbonyl (C=O) groups is 1. The summed E-state index contributed by atoms with van der Waals surface area (Å²) in [7, 11) is -3.07. The molecule has 1 fully saturated rings. The van der Waals surface area contributed by atoms with Crippen molar-refractivity contribution in [3.8, 4) is 0 Å². The van der Waals surface area contributed by atoms with E-state index < -0.39 is 9.84 Å². The number of hydrogen-bond acceptors (Lipinski definition) is 7. The van der Waals surface area contributed by atoms with Crippen LogP contribution < -0.4 is 5.84 Å². The van der Waals surface area contributed by atoms with E-state index in [-0.39, 0.29) is 41.4 Å². The number of nitrogen functional groups attached to an aromatic ring is 1. The average molecular weight is 428 g/mol. The van der Waals surface area contributed by atoms with Crippen molar-refractivity contribution in [2.24, 2.45) is 0 Å². The number of sulfone groups is 1. The van der Waals surface area contributed by atoms with Gasteiger partial charge in [-0.3, -0.25) is 4.79 Å². The molecule has 1 aromatic carbocycles. The Labute approximate surface area is 167 Å². The summed E-state index contributed by atoms with van der Waals surface area (Å²) >= 11 is 1.12. The summed E-state index contributed by atoms with van der Waals surface area (Å²) in [6, 6.07) is 6.06. The van der Waals surface area contributed by atoms with Crippen LogP contribution in [0.4, 0.5) is 4.39 Å². The first-order valence-corrected chi connectivity index (χ1v) is 11.7. The van der Waals surface area contributed by atoms with E-state index in [9.17, 15) is 17.6 Å². The third-order valence-corrected chi connectivity index (χ3v) is 7.35. The summed E-state index contributed by atoms with van der Waals surface area (Å²) in [5, 5.41) is 8.31. The van der Waals surface area contributed by atoms with Gasteiger partial charge in [0.15, 0.2) is 15.7 Å². The van der Waals surface area contributed by atoms with Gasteiger partial charge in [-0.05, 0) is 25.0 Å². The van der Waals surface area contributed by atoms with Crippen LogP contribution in [-0.2, 0) is 21.1 Å². The summed E-state index contributed by atoms with van der Waals surface area (Å²) in [5.41, 5.74) is 0.453. The lowest BCUT2D eigenvalue weighted by molar-refractivity contribution is -0.129. The number of halogens is 1. The van der Waals surface area contributed by atoms with Crippen molar-refractivity contribution >= 4 is 27.5 Å². The van der Waals surface area contributed by atoms with Crippen LogP contribution >= 0.6 is 11.8 Å². The van der Waals surface area contributed by atoms with Crippen LogP contribution in [0.25, 0.3) is 0 Å². The van der Waals surface area contributed by atoms with E-state index in [0.29, 0.717) is 29.5 Å². The maximum absolute atomic E-state index is 13.8. The molecule has 152 valence electrons. The number of nitrogens with two attached hydrogens (primary N) is 1. The smallest absolute Gasteiger partial charge is 0.233 e. The first-order valence-electron chi connectivity index (χ1n) is 8.86. The van der Waals surface area contributed by atoms with Crippen molar-refractivity contribution in [3.63, 3.8) is 0 Å². The van der Waals surface area contributed by atoms with E-state index in [4.69, 9.17) is 5.84 Å². The van der Waals surface area contributed by atoms with Gasteiger partial charge in [-0.15, -0.1) is 10.2 Å². The average Bonchev–Trinajstić information content (AvgIpc) is 3.18. The zero-order valence-electron chi connectivity index (χ0n) is 15.4. The highest BCUT2D eigenvalue weighted by molar-refractivity contribution is 7.99. The van der Waals surface area contributed by atoms with Crippen LogP contribution in [0.1, 0.15) is 24.7 Å². The Morgan fingerprint density at radius 2 is 2.14 bits per heavy atom. The Morgan fingerprint density at radius 3 is 2.79 bits per heavy atom. The normalized spacial score (nSPS) is 18.3. The topological polar surface area (TPSA) is 111 Å². The molecule has 2 heterocycles. The lowest BCUT2D eigenvalue weighted by Gasteiger charge is -2.26. The van der Waals surface area contributed by atoms with Crippen molar-refractivity contribution in [1.82, 2.24) is 19.8 Å². The quantitative estimate of drug-likeness (QED) is 0.515. The second-order valence-corrected chi connectivity index (χ2v) is 9.73. The molecule has 0 radical (unpaired) electrons. The van der Waals surface area contributed by atoms with Crippen molar-refractivity contribution < 1.29 is 17.6 Å². The zero-order chi connectivity index (χ0) is 20.3. The number of rotatable bonds is 7. The van der Waals surface area contributed by atoms with Crippen LogP contribution in [0.3, 0.4) is 0 Å². The highest BCUT2D eigenvalue weighted by Gasteiger charge is 2.33. The molecule has 1 saturated heterocycles. The first kappa shape index (κ1) is 20.6. The Bertz CT molecular complexity index is 963. The molecule has 1 aliphatic heterocycles. The summed E-state index contributed by atoms with van der Waals surface area (Å²) in [5.74, 6) is 6.06. The predicted molar refractivity (Wildman–Crippen MR) is 105 cm³/mol. The highest BCUT2D eigenvalue weighted by Crippen LogP contribution is 2.21. The van der Waals surface area contributed by atoms with Gasteiger partial charge in [0, 0.05) is 19.0 Å². The molecular formula is C17H22FN5O3S2. The van der Waals surface area contributed by atoms with Crippen molar-refractivity contribution in [1.29, 1.82) is 0 Å². The number of aromatic nitrogens is 3. The van der Waals surface area contributed by atoms with Gasteiger partial charge in [0.05, 0.1) is 17.3 Å². The molecular weight excluding hydrogens is 405 g/mol. The molecule has 0 bridgehead atoms. The number of thioether (sulfide) groups is 1. The van der Waals surface area contributed by atoms with Gasteiger partial charge in [-0.1, -0.05) is 30.0 Å². The molecule has 0 saturated carbocycles. The minimum Gasteiger partial charge on any atom is -0.338 e. The molecule has 0 spiro atoms. The third-order valence-electron chi connectivity index (χ3n) is 4.68. The Morgan fingerprint density at radius 1 is 1.39 bits per heavy atom. The third kappa shape index (κ3) is 4.64. The Balaban J connectivity index is 1.62. The van der Waals surface area contributed by atoms with Gasteiger partial charge in [-0.2, -0.15) is 0 Å². The van der Waals surface area contributed by atoms with Crippen molar-refractivity contribution in [3.05, 3.63) is 41.5 Å². The molecule has 1 aromatic heterocycles. The zero-order valence-corrected chi connectivity index (χ0v) is 17.0. The van der Waals surface area contributed by atoms with Crippen LogP contribution in [0, 0.1) is 5.82 Å². The molecule has 1 aliphatic rings. The maximum Gasteiger partial charge on any atom is 0.233 e. The molecule has 8 nitrogen and oxygen atoms in total. The number of benzene rings is 1. The van der Waals surface area contributed by atoms with Gasteiger partial charge >= 0.3 is 0 Å². The monoisotopic (exact) mass is 427 g/mol. The molecule has 1 amide bonds. The van der Waals surface area contributed by atoms with Gasteiger partial charge in [0.2, 0.25) is 11.1 Å². The lowest BCUT2D eigenvalue weighted by atomic mass is 10.1. The second-order valence-electron chi connectivity index (χ2n) is 6.56. The summed E-state index contributed by atoms with van der Waals surface area (Å²) < 4.78 is 38.4. The summed E-state index contributed by atoms with van der Waals surface area (Å²) in [6.07, 6.45) is 0.651. The van der Waals surface area contributed by atoms with Crippen molar-refractivity contribution in [2.75, 3.05) is 29.6 Å². The number of carbonyl (C=O) groups excluding carboxylic acids is 1. The minimum atomic E-state index is -3.07. The van der Waals surface area contributed by atoms with Crippen molar-refractivity contribution in [2.45, 2.75) is 31.0 Å². The van der Waals surface area contributed by atoms with Gasteiger partial charge in [0.1, 0.15) is 5.82 Å². The van der Waals surface area contributed by atoms with Gasteiger partial charge < -0.3 is 10.7 Å². The highest BCUT2D eigenvalue weighted by atomic mass is 32.2. The molecule has 0 aliphatic carbocycles. The molecule has 28 heavy (non-hydrogen) atoms. The number of nitrogens with zero attached hydrogens (tertiary/aromatic N) is 4. The van der Waals surface area contributed by atoms with E-state index in [2.05, 4.69) is 10.2 Å². The fourth-order valence-electron chi connectivity index (χ4n) is 3.21. The van der Waals surface area contributed by atoms with Crippen LogP contribution in [0.2, 0.25) is 0 Å². The van der Waals surface area contributed by atoms with E-state index in [1.807, 2.05) is 6.92 Å². The molecule has 3 rings (SSSR count). The van der Waals surface area contributed by atoms with E-state index in [1.54, 1.807) is 23.1 Å². The number of amides is 1. The molecule has 2 N–H and O–H groups in total. The fourth-order valence-corrected chi connectivity index (χ4v) is 5.70. The van der Waals surface area contributed by atoms with Gasteiger partial charge in [-0.25, -0.2) is 17.5 Å². The molecule has 2 aromatic rings. The Kier molecular flexibility index (Phi) is 6.23. The standard InChI is InChI=1S/C17H22FN5O3S2/c1-2-22(13-7-8-28(25,26)11-13)16(24)10-27-17-21-20-15(23(17)19)9-12-5-3-4-6-14(12)18/h3-6,13H,2,7-11,19H2,1H3/t13-/m0/s1. The first-order chi connectivity index (χ1) is 13.3. The summed E-state index contributed by atoms with van der Waals surface area (Å²) in [6.45, 7) is 2.26. The molecule has 0 unspecified atom stereocenters. The fraction of sp³-hybridized carbons (Fsp3) is 0.471. The van der Waals surface area contributed by atoms with Crippen LogP contribution in [0.5, 0.6) is 0 Å². The van der Waals surface area contributed by atoms with E-state index in [0.717, 1.165) is 11.8 Å². The largest absolute Gasteiger partial charge is 0.338 e. The summed E-state index contributed by atoms with van der Waals surface area (Å²) in [4.78, 5) is 14.2. The van der Waals surface area contributed by atoms with Crippen LogP contribution in [-0.4, -0.2) is 63.9 Å². The predicted octanol–water partition coefficient (Wildman–Crippen LogP) is 0.850. The maximum atomic E-state index is 13.8. The molecule has 1 atom stereocenters. The van der Waals surface area contributed by atoms with E-state index >= 15 is 0 Å². The van der Waals surface area contributed by atoms with Crippen LogP contribution in [0.15, 0.2) is 29.4 Å². The van der Waals surface area contributed by atoms with Gasteiger partial charge in [0.25, 0.3) is 0 Å². The SMILES string of the molecule is CCN(C(=O)CSc1nnc(Cc2ccccc2F)n1N)[C@H]1CCS(=O)(=O)C1. The second kappa shape index (κ2) is 8.48. The van der Waals surface area contributed by atoms with E-state index in [1.165, 1.54) is 10.7 Å². The molecule has 11 heteroatoms. The minimum absolute atomic E-state index is 0.0110.